The Balaban J connectivity index is 0.000000286. The van der Waals surface area contributed by atoms with Gasteiger partial charge in [0.05, 0.1) is 16.8 Å². The number of aliphatic carboxylic acids is 2. The molecule has 1 atom stereocenters. The number of halogens is 6. The van der Waals surface area contributed by atoms with Gasteiger partial charge in [-0.05, 0) is 49.4 Å². The van der Waals surface area contributed by atoms with Gasteiger partial charge < -0.3 is 15.1 Å². The van der Waals surface area contributed by atoms with Gasteiger partial charge in [-0.3, -0.25) is 14.7 Å². The molecule has 1 spiro atoms. The number of likely N-dealkylation sites (tertiary alicyclic amines) is 1. The molecule has 37 heavy (non-hydrogen) atoms. The van der Waals surface area contributed by atoms with Gasteiger partial charge in [0.15, 0.2) is 0 Å². The minimum Gasteiger partial charge on any atom is -0.475 e. The molecule has 1 amide bonds. The summed E-state index contributed by atoms with van der Waals surface area (Å²) >= 11 is 1.65. The zero-order valence-corrected chi connectivity index (χ0v) is 19.9. The standard InChI is InChI=1S/C18H21N3OS.2C2HF3O2/c22-17-18(7-10-21(17)16-5-11-23-13-16)6-3-9-20(14-18)12-15-4-1-2-8-19-15;2*3-2(4,5)1(6)7/h1-2,4-5,8,11,13H,3,6-7,9-10,12,14H2;2*(H,6,7). The van der Waals surface area contributed by atoms with E-state index >= 15 is 0 Å². The number of aromatic nitrogens is 1. The molecule has 0 saturated carbocycles. The van der Waals surface area contributed by atoms with Crippen molar-refractivity contribution in [3.8, 4) is 0 Å². The van der Waals surface area contributed by atoms with E-state index in [0.717, 1.165) is 56.8 Å². The highest BCUT2D eigenvalue weighted by molar-refractivity contribution is 7.08. The van der Waals surface area contributed by atoms with Crippen LogP contribution in [0.4, 0.5) is 32.0 Å². The normalized spacial score (nSPS) is 20.1. The molecule has 2 aliphatic rings. The van der Waals surface area contributed by atoms with Crippen LogP contribution < -0.4 is 4.90 Å². The highest BCUT2D eigenvalue weighted by Crippen LogP contribution is 2.42. The SMILES string of the molecule is O=C(O)C(F)(F)F.O=C(O)C(F)(F)F.O=C1N(c2ccsc2)CCC12CCCN(Cc1ccccn1)C2. The molecule has 2 aromatic rings. The summed E-state index contributed by atoms with van der Waals surface area (Å²) in [6, 6.07) is 8.09. The molecule has 2 N–H and O–H groups in total. The predicted molar refractivity (Wildman–Crippen MR) is 120 cm³/mol. The van der Waals surface area contributed by atoms with Gasteiger partial charge in [0.2, 0.25) is 5.91 Å². The number of carboxylic acid groups (broad SMARTS) is 2. The van der Waals surface area contributed by atoms with Crippen LogP contribution in [0.1, 0.15) is 25.0 Å². The van der Waals surface area contributed by atoms with Crippen molar-refractivity contribution in [2.45, 2.75) is 38.2 Å². The molecule has 0 aliphatic carbocycles. The lowest BCUT2D eigenvalue weighted by Crippen LogP contribution is -2.47. The van der Waals surface area contributed by atoms with Crippen molar-refractivity contribution in [2.24, 2.45) is 5.41 Å². The summed E-state index contributed by atoms with van der Waals surface area (Å²) in [6.45, 7) is 3.62. The topological polar surface area (TPSA) is 111 Å². The van der Waals surface area contributed by atoms with Crippen molar-refractivity contribution in [3.63, 3.8) is 0 Å². The number of thiophene rings is 1. The monoisotopic (exact) mass is 555 g/mol. The van der Waals surface area contributed by atoms with Crippen molar-refractivity contribution >= 4 is 34.9 Å². The molecule has 1 unspecified atom stereocenters. The van der Waals surface area contributed by atoms with Crippen LogP contribution in [0.3, 0.4) is 0 Å². The zero-order valence-electron chi connectivity index (χ0n) is 19.1. The third kappa shape index (κ3) is 8.70. The van der Waals surface area contributed by atoms with Crippen LogP contribution in [-0.4, -0.2) is 69.9 Å². The fraction of sp³-hybridized carbons (Fsp3) is 0.455. The van der Waals surface area contributed by atoms with Gasteiger partial charge >= 0.3 is 24.3 Å². The Morgan fingerprint density at radius 1 is 1.00 bits per heavy atom. The lowest BCUT2D eigenvalue weighted by molar-refractivity contribution is -0.193. The Morgan fingerprint density at radius 2 is 1.62 bits per heavy atom. The van der Waals surface area contributed by atoms with E-state index in [4.69, 9.17) is 19.8 Å². The van der Waals surface area contributed by atoms with E-state index in [9.17, 15) is 31.1 Å². The van der Waals surface area contributed by atoms with Crippen molar-refractivity contribution < 1.29 is 50.9 Å². The summed E-state index contributed by atoms with van der Waals surface area (Å²) in [4.78, 5) is 39.7. The van der Waals surface area contributed by atoms with Gasteiger partial charge in [-0.25, -0.2) is 9.59 Å². The number of carbonyl (C=O) groups is 3. The minimum atomic E-state index is -5.08. The summed E-state index contributed by atoms with van der Waals surface area (Å²) in [5.74, 6) is -5.19. The van der Waals surface area contributed by atoms with Gasteiger partial charge in [-0.1, -0.05) is 6.07 Å². The molecule has 2 saturated heterocycles. The Kier molecular flexibility index (Phi) is 10.0. The van der Waals surface area contributed by atoms with Crippen LogP contribution in [0, 0.1) is 5.41 Å². The van der Waals surface area contributed by atoms with Crippen LogP contribution in [-0.2, 0) is 20.9 Å². The third-order valence-electron chi connectivity index (χ3n) is 5.58. The van der Waals surface area contributed by atoms with Crippen molar-refractivity contribution in [1.29, 1.82) is 0 Å². The maximum atomic E-state index is 13.1. The first kappa shape index (κ1) is 30.0. The number of nitrogens with zero attached hydrogens (tertiary/aromatic N) is 3. The number of amides is 1. The number of pyridine rings is 1. The smallest absolute Gasteiger partial charge is 0.475 e. The average molecular weight is 555 g/mol. The number of carboxylic acids is 2. The van der Waals surface area contributed by atoms with Crippen LogP contribution in [0.5, 0.6) is 0 Å². The summed E-state index contributed by atoms with van der Waals surface area (Å²) in [7, 11) is 0. The highest BCUT2D eigenvalue weighted by Gasteiger charge is 2.49. The minimum absolute atomic E-state index is 0.186. The number of hydrogen-bond donors (Lipinski definition) is 2. The molecule has 2 fully saturated rings. The van der Waals surface area contributed by atoms with E-state index in [-0.39, 0.29) is 5.41 Å². The summed E-state index contributed by atoms with van der Waals surface area (Å²) in [6.07, 6.45) is -5.24. The molecule has 2 aliphatic heterocycles. The first-order valence-corrected chi connectivity index (χ1v) is 11.7. The first-order chi connectivity index (χ1) is 17.2. The summed E-state index contributed by atoms with van der Waals surface area (Å²) in [5, 5.41) is 18.4. The maximum Gasteiger partial charge on any atom is 0.490 e. The van der Waals surface area contributed by atoms with Gasteiger partial charge in [-0.15, -0.1) is 0 Å². The average Bonchev–Trinajstić information content (AvgIpc) is 3.43. The molecule has 8 nitrogen and oxygen atoms in total. The Labute approximate surface area is 211 Å². The second kappa shape index (κ2) is 12.4. The molecule has 15 heteroatoms. The predicted octanol–water partition coefficient (Wildman–Crippen LogP) is 4.43. The number of anilines is 1. The van der Waals surface area contributed by atoms with Crippen LogP contribution in [0.15, 0.2) is 41.2 Å². The Morgan fingerprint density at radius 3 is 2.11 bits per heavy atom. The molecule has 2 aromatic heterocycles. The van der Waals surface area contributed by atoms with E-state index in [1.54, 1.807) is 11.3 Å². The molecule has 4 heterocycles. The lowest BCUT2D eigenvalue weighted by Gasteiger charge is -2.38. The largest absolute Gasteiger partial charge is 0.490 e. The second-order valence-corrected chi connectivity index (χ2v) is 8.99. The van der Waals surface area contributed by atoms with Gasteiger partial charge in [0.25, 0.3) is 0 Å². The van der Waals surface area contributed by atoms with E-state index < -0.39 is 24.3 Å². The molecule has 4 rings (SSSR count). The van der Waals surface area contributed by atoms with Gasteiger partial charge in [0, 0.05) is 31.2 Å². The molecule has 204 valence electrons. The Hall–Kier alpha value is -3.20. The highest BCUT2D eigenvalue weighted by atomic mass is 32.1. The number of alkyl halides is 6. The number of piperidine rings is 1. The summed E-state index contributed by atoms with van der Waals surface area (Å²) < 4.78 is 63.5. The van der Waals surface area contributed by atoms with Gasteiger partial charge in [0.1, 0.15) is 0 Å². The quantitative estimate of drug-likeness (QED) is 0.539. The van der Waals surface area contributed by atoms with E-state index in [2.05, 4.69) is 27.4 Å². The molecular weight excluding hydrogens is 532 g/mol. The van der Waals surface area contributed by atoms with Crippen LogP contribution in [0.2, 0.25) is 0 Å². The number of rotatable bonds is 3. The van der Waals surface area contributed by atoms with Crippen molar-refractivity contribution in [1.82, 2.24) is 9.88 Å². The molecule has 0 bridgehead atoms. The van der Waals surface area contributed by atoms with Crippen LogP contribution in [0.25, 0.3) is 0 Å². The fourth-order valence-electron chi connectivity index (χ4n) is 3.94. The van der Waals surface area contributed by atoms with Crippen LogP contribution >= 0.6 is 11.3 Å². The van der Waals surface area contributed by atoms with Crippen molar-refractivity contribution in [2.75, 3.05) is 24.5 Å². The van der Waals surface area contributed by atoms with E-state index in [1.165, 1.54) is 0 Å². The third-order valence-corrected chi connectivity index (χ3v) is 6.25. The first-order valence-electron chi connectivity index (χ1n) is 10.7. The molecule has 0 radical (unpaired) electrons. The lowest BCUT2D eigenvalue weighted by atomic mass is 9.78. The second-order valence-electron chi connectivity index (χ2n) is 8.21. The van der Waals surface area contributed by atoms with Crippen molar-refractivity contribution in [3.05, 3.63) is 46.9 Å². The maximum absolute atomic E-state index is 13.1. The molecule has 0 aromatic carbocycles. The van der Waals surface area contributed by atoms with E-state index in [0.29, 0.717) is 5.91 Å². The van der Waals surface area contributed by atoms with Gasteiger partial charge in [-0.2, -0.15) is 37.7 Å². The fourth-order valence-corrected chi connectivity index (χ4v) is 4.58. The summed E-state index contributed by atoms with van der Waals surface area (Å²) in [5.41, 5.74) is 1.97. The Bertz CT molecular complexity index is 1030. The number of hydrogen-bond acceptors (Lipinski definition) is 6. The van der Waals surface area contributed by atoms with E-state index in [1.807, 2.05) is 28.6 Å². The zero-order chi connectivity index (χ0) is 27.9. The molecular formula is C22H23F6N3O5S. The number of carbonyl (C=O) groups excluding carboxylic acids is 1.